The normalized spacial score (nSPS) is 10.2. The van der Waals surface area contributed by atoms with Gasteiger partial charge in [-0.05, 0) is 30.3 Å². The molecule has 9 heteroatoms. The Kier molecular flexibility index (Phi) is 6.41. The zero-order chi connectivity index (χ0) is 18.6. The number of nitrogens with one attached hydrogen (secondary N) is 2. The molecule has 0 spiro atoms. The Labute approximate surface area is 161 Å². The van der Waals surface area contributed by atoms with Crippen molar-refractivity contribution in [2.45, 2.75) is 0 Å². The summed E-state index contributed by atoms with van der Waals surface area (Å²) in [7, 11) is 0. The summed E-state index contributed by atoms with van der Waals surface area (Å²) < 4.78 is 5.69. The first kappa shape index (κ1) is 19.2. The number of amidine groups is 1. The van der Waals surface area contributed by atoms with Crippen molar-refractivity contribution in [3.63, 3.8) is 0 Å². The molecule has 2 aromatic carbocycles. The number of hydrogen-bond acceptors (Lipinski definition) is 4. The molecule has 0 aliphatic carbocycles. The maximum Gasteiger partial charge on any atom is 0.341 e. The second-order valence-electron chi connectivity index (χ2n) is 4.75. The first-order chi connectivity index (χ1) is 11.8. The Morgan fingerprint density at radius 2 is 1.84 bits per heavy atom. The van der Waals surface area contributed by atoms with Gasteiger partial charge in [0.25, 0.3) is 5.91 Å². The third-order valence-corrected chi connectivity index (χ3v) is 4.11. The highest BCUT2D eigenvalue weighted by molar-refractivity contribution is 9.10. The van der Waals surface area contributed by atoms with Gasteiger partial charge in [0.1, 0.15) is 11.6 Å². The zero-order valence-electron chi connectivity index (χ0n) is 12.5. The van der Waals surface area contributed by atoms with Gasteiger partial charge in [-0.2, -0.15) is 0 Å². The molecule has 0 fully saturated rings. The second kappa shape index (κ2) is 8.33. The number of halogens is 3. The van der Waals surface area contributed by atoms with Crippen LogP contribution in [0.3, 0.4) is 0 Å². The predicted octanol–water partition coefficient (Wildman–Crippen LogP) is 3.97. The van der Waals surface area contributed by atoms with E-state index in [-0.39, 0.29) is 32.8 Å². The summed E-state index contributed by atoms with van der Waals surface area (Å²) in [6, 6.07) is 9.22. The average Bonchev–Trinajstić information content (AvgIpc) is 2.53. The molecule has 0 aliphatic heterocycles. The highest BCUT2D eigenvalue weighted by Gasteiger charge is 2.18. The standard InChI is InChI=1S/C16H11BrCl2N2O4/c17-8-4-5-12(25-7-13(22)23)9(6-8)16(24)21-15(20)14-10(18)2-1-3-11(14)19/h1-6H,7H2,(H,22,23)(H2,20,21,24). The van der Waals surface area contributed by atoms with E-state index in [0.717, 1.165) is 0 Å². The third-order valence-electron chi connectivity index (χ3n) is 2.99. The fourth-order valence-electron chi connectivity index (χ4n) is 1.93. The van der Waals surface area contributed by atoms with Gasteiger partial charge in [0.05, 0.1) is 21.2 Å². The number of carboxylic acids is 1. The molecule has 25 heavy (non-hydrogen) atoms. The van der Waals surface area contributed by atoms with E-state index >= 15 is 0 Å². The topological polar surface area (TPSA) is 99.5 Å². The Hall–Kier alpha value is -2.09. The Morgan fingerprint density at radius 3 is 2.44 bits per heavy atom. The number of carbonyl (C=O) groups excluding carboxylic acids is 1. The van der Waals surface area contributed by atoms with Gasteiger partial charge < -0.3 is 15.2 Å². The van der Waals surface area contributed by atoms with Crippen LogP contribution in [0.5, 0.6) is 5.75 Å². The van der Waals surface area contributed by atoms with Crippen LogP contribution in [-0.4, -0.2) is 29.4 Å². The summed E-state index contributed by atoms with van der Waals surface area (Å²) in [5.74, 6) is -2.06. The van der Waals surface area contributed by atoms with Gasteiger partial charge in [0, 0.05) is 4.47 Å². The van der Waals surface area contributed by atoms with Crippen LogP contribution in [-0.2, 0) is 4.79 Å². The number of benzene rings is 2. The van der Waals surface area contributed by atoms with E-state index in [1.165, 1.54) is 12.1 Å². The second-order valence-corrected chi connectivity index (χ2v) is 6.48. The van der Waals surface area contributed by atoms with Crippen LogP contribution >= 0.6 is 39.1 Å². The molecule has 130 valence electrons. The van der Waals surface area contributed by atoms with E-state index in [1.54, 1.807) is 24.3 Å². The number of rotatable bonds is 5. The van der Waals surface area contributed by atoms with Crippen LogP contribution < -0.4 is 10.1 Å². The van der Waals surface area contributed by atoms with Crippen LogP contribution in [0, 0.1) is 5.41 Å². The van der Waals surface area contributed by atoms with E-state index in [4.69, 9.17) is 38.5 Å². The van der Waals surface area contributed by atoms with E-state index in [2.05, 4.69) is 21.2 Å². The molecule has 2 rings (SSSR count). The molecule has 0 unspecified atom stereocenters. The third kappa shape index (κ3) is 4.94. The number of aliphatic carboxylic acids is 1. The summed E-state index contributed by atoms with van der Waals surface area (Å²) in [5, 5.41) is 19.6. The highest BCUT2D eigenvalue weighted by atomic mass is 79.9. The molecule has 1 amide bonds. The lowest BCUT2D eigenvalue weighted by Crippen LogP contribution is -2.31. The van der Waals surface area contributed by atoms with Gasteiger partial charge in [-0.3, -0.25) is 10.2 Å². The maximum atomic E-state index is 12.5. The summed E-state index contributed by atoms with van der Waals surface area (Å²) in [4.78, 5) is 23.1. The van der Waals surface area contributed by atoms with Crippen molar-refractivity contribution in [3.8, 4) is 5.75 Å². The number of carboxylic acid groups (broad SMARTS) is 1. The molecule has 2 aromatic rings. The van der Waals surface area contributed by atoms with Gasteiger partial charge in [-0.1, -0.05) is 45.2 Å². The SMILES string of the molecule is N=C(NC(=O)c1cc(Br)ccc1OCC(=O)O)c1c(Cl)cccc1Cl. The average molecular weight is 446 g/mol. The molecule has 0 aromatic heterocycles. The minimum atomic E-state index is -1.18. The van der Waals surface area contributed by atoms with Crippen molar-refractivity contribution >= 4 is 56.8 Å². The van der Waals surface area contributed by atoms with Gasteiger partial charge >= 0.3 is 5.97 Å². The maximum absolute atomic E-state index is 12.5. The minimum Gasteiger partial charge on any atom is -0.481 e. The number of amides is 1. The molecular formula is C16H11BrCl2N2O4. The predicted molar refractivity (Wildman–Crippen MR) is 98.0 cm³/mol. The van der Waals surface area contributed by atoms with Crippen molar-refractivity contribution in [3.05, 3.63) is 62.0 Å². The minimum absolute atomic E-state index is 0.0588. The van der Waals surface area contributed by atoms with Gasteiger partial charge in [-0.25, -0.2) is 4.79 Å². The number of carbonyl (C=O) groups is 2. The highest BCUT2D eigenvalue weighted by Crippen LogP contribution is 2.26. The van der Waals surface area contributed by atoms with Gasteiger partial charge in [0.2, 0.25) is 0 Å². The first-order valence-electron chi connectivity index (χ1n) is 6.78. The van der Waals surface area contributed by atoms with Crippen LogP contribution in [0.2, 0.25) is 10.0 Å². The molecule has 0 radical (unpaired) electrons. The summed E-state index contributed by atoms with van der Waals surface area (Å²) in [6.07, 6.45) is 0. The lowest BCUT2D eigenvalue weighted by atomic mass is 10.1. The van der Waals surface area contributed by atoms with Crippen molar-refractivity contribution in [2.24, 2.45) is 0 Å². The Morgan fingerprint density at radius 1 is 1.20 bits per heavy atom. The van der Waals surface area contributed by atoms with Crippen LogP contribution in [0.4, 0.5) is 0 Å². The van der Waals surface area contributed by atoms with Gasteiger partial charge in [0.15, 0.2) is 6.61 Å². The molecule has 0 saturated carbocycles. The number of ether oxygens (including phenoxy) is 1. The van der Waals surface area contributed by atoms with Crippen molar-refractivity contribution in [1.82, 2.24) is 5.32 Å². The van der Waals surface area contributed by atoms with Crippen LogP contribution in [0.15, 0.2) is 40.9 Å². The monoisotopic (exact) mass is 444 g/mol. The van der Waals surface area contributed by atoms with Crippen LogP contribution in [0.1, 0.15) is 15.9 Å². The van der Waals surface area contributed by atoms with Crippen LogP contribution in [0.25, 0.3) is 0 Å². The lowest BCUT2D eigenvalue weighted by Gasteiger charge is -2.13. The Bertz CT molecular complexity index is 838. The summed E-state index contributed by atoms with van der Waals surface area (Å²) in [6.45, 7) is -0.601. The smallest absolute Gasteiger partial charge is 0.341 e. The molecule has 0 atom stereocenters. The fourth-order valence-corrected chi connectivity index (χ4v) is 2.87. The quantitative estimate of drug-likeness (QED) is 0.478. The molecular weight excluding hydrogens is 435 g/mol. The summed E-state index contributed by atoms with van der Waals surface area (Å²) in [5.41, 5.74) is 0.241. The van der Waals surface area contributed by atoms with E-state index in [1.807, 2.05) is 0 Å². The van der Waals surface area contributed by atoms with E-state index < -0.39 is 18.5 Å². The van der Waals surface area contributed by atoms with Crippen molar-refractivity contribution in [2.75, 3.05) is 6.61 Å². The molecule has 3 N–H and O–H groups in total. The number of hydrogen-bond donors (Lipinski definition) is 3. The zero-order valence-corrected chi connectivity index (χ0v) is 15.6. The molecule has 0 aliphatic rings. The van der Waals surface area contributed by atoms with Gasteiger partial charge in [-0.15, -0.1) is 0 Å². The van der Waals surface area contributed by atoms with Crippen molar-refractivity contribution < 1.29 is 19.4 Å². The fraction of sp³-hybridized carbons (Fsp3) is 0.0625. The van der Waals surface area contributed by atoms with Crippen molar-refractivity contribution in [1.29, 1.82) is 5.41 Å². The lowest BCUT2D eigenvalue weighted by molar-refractivity contribution is -0.139. The van der Waals surface area contributed by atoms with E-state index in [9.17, 15) is 9.59 Å². The Balaban J connectivity index is 2.27. The summed E-state index contributed by atoms with van der Waals surface area (Å²) >= 11 is 15.3. The molecule has 0 heterocycles. The largest absolute Gasteiger partial charge is 0.481 e. The first-order valence-corrected chi connectivity index (χ1v) is 8.33. The molecule has 0 bridgehead atoms. The molecule has 0 saturated heterocycles. The molecule has 6 nitrogen and oxygen atoms in total. The van der Waals surface area contributed by atoms with E-state index in [0.29, 0.717) is 4.47 Å².